The maximum atomic E-state index is 12.0. The van der Waals surface area contributed by atoms with E-state index in [9.17, 15) is 4.79 Å². The molecule has 0 aromatic carbocycles. The summed E-state index contributed by atoms with van der Waals surface area (Å²) < 4.78 is 1.84. The van der Waals surface area contributed by atoms with Gasteiger partial charge < -0.3 is 5.32 Å². The molecule has 1 aromatic rings. The number of nitrogens with zero attached hydrogens (tertiary/aromatic N) is 2. The number of allylic oxidation sites excluding steroid dienone is 1. The van der Waals surface area contributed by atoms with Gasteiger partial charge in [-0.3, -0.25) is 9.48 Å². The van der Waals surface area contributed by atoms with Crippen molar-refractivity contribution < 1.29 is 4.79 Å². The molecular weight excluding hydrogens is 250 g/mol. The molecule has 0 aliphatic heterocycles. The smallest absolute Gasteiger partial charge is 0.224 e. The first-order chi connectivity index (χ1) is 9.58. The zero-order chi connectivity index (χ0) is 14.5. The highest BCUT2D eigenvalue weighted by Crippen LogP contribution is 2.19. The lowest BCUT2D eigenvalue weighted by Gasteiger charge is -2.13. The molecule has 0 spiro atoms. The first-order valence-corrected chi connectivity index (χ1v) is 7.51. The van der Waals surface area contributed by atoms with E-state index >= 15 is 0 Å². The van der Waals surface area contributed by atoms with E-state index in [4.69, 9.17) is 0 Å². The third kappa shape index (κ3) is 3.71. The van der Waals surface area contributed by atoms with Gasteiger partial charge in [-0.1, -0.05) is 11.6 Å². The van der Waals surface area contributed by atoms with Crippen LogP contribution in [0.2, 0.25) is 0 Å². The van der Waals surface area contributed by atoms with Gasteiger partial charge in [-0.25, -0.2) is 0 Å². The van der Waals surface area contributed by atoms with E-state index in [1.807, 2.05) is 25.6 Å². The second-order valence-corrected chi connectivity index (χ2v) is 5.66. The predicted molar refractivity (Wildman–Crippen MR) is 80.6 cm³/mol. The molecule has 0 radical (unpaired) electrons. The van der Waals surface area contributed by atoms with Crippen molar-refractivity contribution in [2.45, 2.75) is 52.4 Å². The standard InChI is InChI=1S/C16H25N3O/c1-12-15(13(2)19(3)18-12)11-16(20)17-10-9-14-7-5-4-6-8-14/h7H,4-6,8-11H2,1-3H3,(H,17,20). The topological polar surface area (TPSA) is 46.9 Å². The van der Waals surface area contributed by atoms with Crippen LogP contribution in [0, 0.1) is 13.8 Å². The summed E-state index contributed by atoms with van der Waals surface area (Å²) in [5.41, 5.74) is 4.59. The van der Waals surface area contributed by atoms with Crippen LogP contribution >= 0.6 is 0 Å². The Hall–Kier alpha value is -1.58. The van der Waals surface area contributed by atoms with Crippen molar-refractivity contribution in [2.24, 2.45) is 7.05 Å². The molecule has 2 rings (SSSR count). The van der Waals surface area contributed by atoms with Gasteiger partial charge in [0.05, 0.1) is 12.1 Å². The van der Waals surface area contributed by atoms with Gasteiger partial charge in [0.2, 0.25) is 5.91 Å². The number of aryl methyl sites for hydroxylation is 2. The highest BCUT2D eigenvalue weighted by Gasteiger charge is 2.13. The fourth-order valence-electron chi connectivity index (χ4n) is 2.79. The Morgan fingerprint density at radius 3 is 2.80 bits per heavy atom. The number of carbonyl (C=O) groups is 1. The van der Waals surface area contributed by atoms with E-state index in [1.165, 1.54) is 31.3 Å². The van der Waals surface area contributed by atoms with E-state index in [0.717, 1.165) is 29.9 Å². The number of hydrogen-bond acceptors (Lipinski definition) is 2. The number of hydrogen-bond donors (Lipinski definition) is 1. The lowest BCUT2D eigenvalue weighted by molar-refractivity contribution is -0.120. The zero-order valence-corrected chi connectivity index (χ0v) is 12.8. The molecule has 0 saturated heterocycles. The molecule has 1 aromatic heterocycles. The average Bonchev–Trinajstić information content (AvgIpc) is 2.67. The number of aromatic nitrogens is 2. The maximum absolute atomic E-state index is 12.0. The van der Waals surface area contributed by atoms with Crippen LogP contribution in [0.15, 0.2) is 11.6 Å². The van der Waals surface area contributed by atoms with Crippen LogP contribution in [0.25, 0.3) is 0 Å². The highest BCUT2D eigenvalue weighted by atomic mass is 16.1. The fraction of sp³-hybridized carbons (Fsp3) is 0.625. The van der Waals surface area contributed by atoms with Crippen molar-refractivity contribution in [2.75, 3.05) is 6.54 Å². The molecule has 4 heteroatoms. The minimum absolute atomic E-state index is 0.0978. The first kappa shape index (κ1) is 14.8. The zero-order valence-electron chi connectivity index (χ0n) is 12.8. The van der Waals surface area contributed by atoms with Crippen molar-refractivity contribution in [3.63, 3.8) is 0 Å². The summed E-state index contributed by atoms with van der Waals surface area (Å²) in [4.78, 5) is 12.0. The summed E-state index contributed by atoms with van der Waals surface area (Å²) >= 11 is 0. The summed E-state index contributed by atoms with van der Waals surface area (Å²) in [6.07, 6.45) is 8.80. The van der Waals surface area contributed by atoms with Gasteiger partial charge in [0.15, 0.2) is 0 Å². The molecular formula is C16H25N3O. The lowest BCUT2D eigenvalue weighted by Crippen LogP contribution is -2.26. The number of amides is 1. The second-order valence-electron chi connectivity index (χ2n) is 5.66. The van der Waals surface area contributed by atoms with Crippen molar-refractivity contribution in [1.29, 1.82) is 0 Å². The normalized spacial score (nSPS) is 15.1. The Morgan fingerprint density at radius 2 is 2.20 bits per heavy atom. The molecule has 20 heavy (non-hydrogen) atoms. The average molecular weight is 275 g/mol. The van der Waals surface area contributed by atoms with Crippen LogP contribution in [-0.4, -0.2) is 22.2 Å². The van der Waals surface area contributed by atoms with Crippen LogP contribution in [0.3, 0.4) is 0 Å². The van der Waals surface area contributed by atoms with E-state index in [1.54, 1.807) is 0 Å². The predicted octanol–water partition coefficient (Wildman–Crippen LogP) is 2.59. The van der Waals surface area contributed by atoms with Gasteiger partial charge in [0.1, 0.15) is 0 Å². The van der Waals surface area contributed by atoms with E-state index in [-0.39, 0.29) is 5.91 Å². The molecule has 1 amide bonds. The van der Waals surface area contributed by atoms with Crippen molar-refractivity contribution in [3.05, 3.63) is 28.6 Å². The number of nitrogens with one attached hydrogen (secondary N) is 1. The molecule has 0 atom stereocenters. The molecule has 1 aliphatic carbocycles. The van der Waals surface area contributed by atoms with Crippen molar-refractivity contribution in [1.82, 2.24) is 15.1 Å². The SMILES string of the molecule is Cc1nn(C)c(C)c1CC(=O)NCCC1=CCCCC1. The minimum atomic E-state index is 0.0978. The van der Waals surface area contributed by atoms with E-state index < -0.39 is 0 Å². The van der Waals surface area contributed by atoms with Crippen LogP contribution in [0.1, 0.15) is 49.1 Å². The van der Waals surface area contributed by atoms with Crippen molar-refractivity contribution >= 4 is 5.91 Å². The first-order valence-electron chi connectivity index (χ1n) is 7.51. The van der Waals surface area contributed by atoms with Gasteiger partial charge in [-0.15, -0.1) is 0 Å². The van der Waals surface area contributed by atoms with Gasteiger partial charge in [-0.2, -0.15) is 5.10 Å². The number of carbonyl (C=O) groups excluding carboxylic acids is 1. The molecule has 4 nitrogen and oxygen atoms in total. The highest BCUT2D eigenvalue weighted by molar-refractivity contribution is 5.79. The Balaban J connectivity index is 1.79. The Bertz CT molecular complexity index is 514. The van der Waals surface area contributed by atoms with E-state index in [0.29, 0.717) is 6.42 Å². The molecule has 1 aliphatic rings. The fourth-order valence-corrected chi connectivity index (χ4v) is 2.79. The van der Waals surface area contributed by atoms with Crippen LogP contribution in [-0.2, 0) is 18.3 Å². The lowest BCUT2D eigenvalue weighted by atomic mass is 9.97. The third-order valence-electron chi connectivity index (χ3n) is 4.15. The van der Waals surface area contributed by atoms with Crippen LogP contribution in [0.4, 0.5) is 0 Å². The molecule has 0 saturated carbocycles. The summed E-state index contributed by atoms with van der Waals surface area (Å²) in [5, 5.41) is 7.37. The van der Waals surface area contributed by atoms with Crippen LogP contribution < -0.4 is 5.32 Å². The summed E-state index contributed by atoms with van der Waals surface area (Å²) in [5.74, 6) is 0.0978. The minimum Gasteiger partial charge on any atom is -0.355 e. The van der Waals surface area contributed by atoms with Gasteiger partial charge in [0, 0.05) is 24.8 Å². The third-order valence-corrected chi connectivity index (χ3v) is 4.15. The largest absolute Gasteiger partial charge is 0.355 e. The molecule has 1 N–H and O–H groups in total. The Morgan fingerprint density at radius 1 is 1.40 bits per heavy atom. The van der Waals surface area contributed by atoms with Gasteiger partial charge in [0.25, 0.3) is 0 Å². The van der Waals surface area contributed by atoms with Crippen LogP contribution in [0.5, 0.6) is 0 Å². The summed E-state index contributed by atoms with van der Waals surface area (Å²) in [6, 6.07) is 0. The Labute approximate surface area is 121 Å². The molecule has 0 fully saturated rings. The van der Waals surface area contributed by atoms with Gasteiger partial charge in [-0.05, 0) is 46.0 Å². The number of rotatable bonds is 5. The maximum Gasteiger partial charge on any atom is 0.224 e. The quantitative estimate of drug-likeness (QED) is 0.840. The summed E-state index contributed by atoms with van der Waals surface area (Å²) in [7, 11) is 1.92. The molecule has 0 bridgehead atoms. The monoisotopic (exact) mass is 275 g/mol. The van der Waals surface area contributed by atoms with E-state index in [2.05, 4.69) is 16.5 Å². The van der Waals surface area contributed by atoms with Crippen molar-refractivity contribution in [3.8, 4) is 0 Å². The molecule has 110 valence electrons. The summed E-state index contributed by atoms with van der Waals surface area (Å²) in [6.45, 7) is 4.72. The Kier molecular flexibility index (Phi) is 4.99. The molecule has 1 heterocycles. The molecule has 0 unspecified atom stereocenters. The second kappa shape index (κ2) is 6.73. The van der Waals surface area contributed by atoms with Gasteiger partial charge >= 0.3 is 0 Å².